The molecule has 0 aliphatic carbocycles. The molecule has 5 nitrogen and oxygen atoms in total. The highest BCUT2D eigenvalue weighted by Gasteiger charge is 2.11. The van der Waals surface area contributed by atoms with Crippen molar-refractivity contribution in [1.29, 1.82) is 0 Å². The first-order valence-electron chi connectivity index (χ1n) is 6.83. The molecular formula is C15H21FN2O3. The molecule has 0 saturated carbocycles. The van der Waals surface area contributed by atoms with Crippen molar-refractivity contribution in [2.75, 3.05) is 13.6 Å². The summed E-state index contributed by atoms with van der Waals surface area (Å²) in [5, 5.41) is 11.3. The van der Waals surface area contributed by atoms with Crippen LogP contribution in [0.1, 0.15) is 25.3 Å². The molecule has 0 aliphatic heterocycles. The minimum absolute atomic E-state index is 0.0997. The number of urea groups is 1. The Morgan fingerprint density at radius 2 is 1.95 bits per heavy atom. The topological polar surface area (TPSA) is 69.6 Å². The van der Waals surface area contributed by atoms with E-state index in [-0.39, 0.29) is 24.2 Å². The van der Waals surface area contributed by atoms with Gasteiger partial charge in [0.1, 0.15) is 5.82 Å². The molecule has 0 fully saturated rings. The molecule has 6 heteroatoms. The van der Waals surface area contributed by atoms with E-state index in [0.29, 0.717) is 19.5 Å². The van der Waals surface area contributed by atoms with Gasteiger partial charge in [0.15, 0.2) is 0 Å². The van der Waals surface area contributed by atoms with Crippen molar-refractivity contribution < 1.29 is 19.1 Å². The van der Waals surface area contributed by atoms with Crippen molar-refractivity contribution in [3.63, 3.8) is 0 Å². The molecule has 0 bridgehead atoms. The Hall–Kier alpha value is -2.11. The summed E-state index contributed by atoms with van der Waals surface area (Å²) in [6.07, 6.45) is 0.625. The Balaban J connectivity index is 2.34. The average molecular weight is 296 g/mol. The summed E-state index contributed by atoms with van der Waals surface area (Å²) in [5.41, 5.74) is 0.841. The number of carbonyl (C=O) groups excluding carboxylic acids is 1. The third-order valence-corrected chi connectivity index (χ3v) is 3.13. The molecule has 0 saturated heterocycles. The number of rotatable bonds is 7. The molecule has 1 unspecified atom stereocenters. The van der Waals surface area contributed by atoms with E-state index in [1.165, 1.54) is 17.0 Å². The molecule has 116 valence electrons. The predicted molar refractivity (Wildman–Crippen MR) is 77.3 cm³/mol. The lowest BCUT2D eigenvalue weighted by atomic mass is 10.1. The first-order chi connectivity index (χ1) is 9.88. The van der Waals surface area contributed by atoms with Crippen LogP contribution in [-0.2, 0) is 11.3 Å². The van der Waals surface area contributed by atoms with Crippen LogP contribution in [0.25, 0.3) is 0 Å². The molecule has 2 N–H and O–H groups in total. The number of aliphatic carboxylic acids is 1. The molecule has 1 rings (SSSR count). The summed E-state index contributed by atoms with van der Waals surface area (Å²) < 4.78 is 12.8. The van der Waals surface area contributed by atoms with E-state index < -0.39 is 5.97 Å². The van der Waals surface area contributed by atoms with Gasteiger partial charge in [0.25, 0.3) is 0 Å². The summed E-state index contributed by atoms with van der Waals surface area (Å²) in [7, 11) is 1.65. The number of carbonyl (C=O) groups is 2. The summed E-state index contributed by atoms with van der Waals surface area (Å²) in [5.74, 6) is -1.04. The Kier molecular flexibility index (Phi) is 6.65. The third kappa shape index (κ3) is 6.74. The summed E-state index contributed by atoms with van der Waals surface area (Å²) >= 11 is 0. The highest BCUT2D eigenvalue weighted by atomic mass is 19.1. The zero-order chi connectivity index (χ0) is 15.8. The van der Waals surface area contributed by atoms with Crippen LogP contribution in [0.4, 0.5) is 9.18 Å². The fraction of sp³-hybridized carbons (Fsp3) is 0.467. The number of carboxylic acid groups (broad SMARTS) is 1. The number of carboxylic acids is 1. The van der Waals surface area contributed by atoms with E-state index in [4.69, 9.17) is 5.11 Å². The molecule has 2 amide bonds. The van der Waals surface area contributed by atoms with Gasteiger partial charge >= 0.3 is 12.0 Å². The smallest absolute Gasteiger partial charge is 0.317 e. The summed E-state index contributed by atoms with van der Waals surface area (Å²) in [6, 6.07) is 5.74. The van der Waals surface area contributed by atoms with Crippen molar-refractivity contribution in [2.45, 2.75) is 26.3 Å². The van der Waals surface area contributed by atoms with Crippen LogP contribution >= 0.6 is 0 Å². The van der Waals surface area contributed by atoms with Gasteiger partial charge in [-0.1, -0.05) is 19.1 Å². The monoisotopic (exact) mass is 296 g/mol. The molecule has 0 heterocycles. The van der Waals surface area contributed by atoms with E-state index in [0.717, 1.165) is 5.56 Å². The van der Waals surface area contributed by atoms with Crippen LogP contribution in [-0.4, -0.2) is 35.6 Å². The van der Waals surface area contributed by atoms with Crippen LogP contribution in [0.15, 0.2) is 24.3 Å². The number of nitrogens with zero attached hydrogens (tertiary/aromatic N) is 1. The van der Waals surface area contributed by atoms with Crippen molar-refractivity contribution >= 4 is 12.0 Å². The SMILES string of the molecule is CC(CCC(=O)O)CNC(=O)N(C)Cc1ccc(F)cc1. The summed E-state index contributed by atoms with van der Waals surface area (Å²) in [4.78, 5) is 23.8. The Labute approximate surface area is 123 Å². The number of amides is 2. The second-order valence-electron chi connectivity index (χ2n) is 5.21. The van der Waals surface area contributed by atoms with Crippen molar-refractivity contribution in [3.8, 4) is 0 Å². The highest BCUT2D eigenvalue weighted by molar-refractivity contribution is 5.73. The van der Waals surface area contributed by atoms with Crippen molar-refractivity contribution in [3.05, 3.63) is 35.6 Å². The molecular weight excluding hydrogens is 275 g/mol. The molecule has 0 aromatic heterocycles. The quantitative estimate of drug-likeness (QED) is 0.812. The zero-order valence-corrected chi connectivity index (χ0v) is 12.3. The molecule has 21 heavy (non-hydrogen) atoms. The molecule has 1 aromatic rings. The van der Waals surface area contributed by atoms with Gasteiger partial charge < -0.3 is 15.3 Å². The number of halogens is 1. The van der Waals surface area contributed by atoms with Crippen LogP contribution in [0.2, 0.25) is 0 Å². The lowest BCUT2D eigenvalue weighted by molar-refractivity contribution is -0.137. The van der Waals surface area contributed by atoms with Crippen LogP contribution in [0, 0.1) is 11.7 Å². The van der Waals surface area contributed by atoms with Gasteiger partial charge in [0, 0.05) is 26.6 Å². The van der Waals surface area contributed by atoms with Gasteiger partial charge in [-0.15, -0.1) is 0 Å². The minimum atomic E-state index is -0.832. The van der Waals surface area contributed by atoms with Gasteiger partial charge in [-0.3, -0.25) is 4.79 Å². The summed E-state index contributed by atoms with van der Waals surface area (Å²) in [6.45, 7) is 2.71. The van der Waals surface area contributed by atoms with Crippen LogP contribution in [0.5, 0.6) is 0 Å². The van der Waals surface area contributed by atoms with Crippen molar-refractivity contribution in [1.82, 2.24) is 10.2 Å². The minimum Gasteiger partial charge on any atom is -0.481 e. The van der Waals surface area contributed by atoms with E-state index in [2.05, 4.69) is 5.32 Å². The van der Waals surface area contributed by atoms with Gasteiger partial charge in [0.05, 0.1) is 0 Å². The maximum atomic E-state index is 12.8. The number of hydrogen-bond acceptors (Lipinski definition) is 2. The van der Waals surface area contributed by atoms with E-state index >= 15 is 0 Å². The molecule has 0 aliphatic rings. The number of benzene rings is 1. The zero-order valence-electron chi connectivity index (χ0n) is 12.3. The normalized spacial score (nSPS) is 11.8. The van der Waals surface area contributed by atoms with E-state index in [9.17, 15) is 14.0 Å². The van der Waals surface area contributed by atoms with Gasteiger partial charge in [-0.05, 0) is 30.0 Å². The average Bonchev–Trinajstić information content (AvgIpc) is 2.44. The molecule has 0 spiro atoms. The van der Waals surface area contributed by atoms with Gasteiger partial charge in [0.2, 0.25) is 0 Å². The Morgan fingerprint density at radius 3 is 2.52 bits per heavy atom. The van der Waals surface area contributed by atoms with Crippen LogP contribution in [0.3, 0.4) is 0 Å². The van der Waals surface area contributed by atoms with Gasteiger partial charge in [-0.25, -0.2) is 9.18 Å². The fourth-order valence-electron chi connectivity index (χ4n) is 1.80. The number of nitrogens with one attached hydrogen (secondary N) is 1. The second kappa shape index (κ2) is 8.24. The fourth-order valence-corrected chi connectivity index (χ4v) is 1.80. The predicted octanol–water partition coefficient (Wildman–Crippen LogP) is 2.47. The lowest BCUT2D eigenvalue weighted by Crippen LogP contribution is -2.38. The largest absolute Gasteiger partial charge is 0.481 e. The number of hydrogen-bond donors (Lipinski definition) is 2. The maximum absolute atomic E-state index is 12.8. The Morgan fingerprint density at radius 1 is 1.33 bits per heavy atom. The first kappa shape index (κ1) is 16.9. The van der Waals surface area contributed by atoms with E-state index in [1.807, 2.05) is 6.92 Å². The standard InChI is InChI=1S/C15H21FN2O3/c1-11(3-8-14(19)20)9-17-15(21)18(2)10-12-4-6-13(16)7-5-12/h4-7,11H,3,8-10H2,1-2H3,(H,17,21)(H,19,20). The second-order valence-corrected chi connectivity index (χ2v) is 5.21. The first-order valence-corrected chi connectivity index (χ1v) is 6.83. The lowest BCUT2D eigenvalue weighted by Gasteiger charge is -2.19. The maximum Gasteiger partial charge on any atom is 0.317 e. The van der Waals surface area contributed by atoms with Crippen LogP contribution < -0.4 is 5.32 Å². The molecule has 1 aromatic carbocycles. The molecule has 1 atom stereocenters. The van der Waals surface area contributed by atoms with E-state index in [1.54, 1.807) is 19.2 Å². The highest BCUT2D eigenvalue weighted by Crippen LogP contribution is 2.07. The Bertz CT molecular complexity index is 476. The van der Waals surface area contributed by atoms with Gasteiger partial charge in [-0.2, -0.15) is 0 Å². The third-order valence-electron chi connectivity index (χ3n) is 3.13. The van der Waals surface area contributed by atoms with Crippen molar-refractivity contribution in [2.24, 2.45) is 5.92 Å². The molecule has 0 radical (unpaired) electrons.